The van der Waals surface area contributed by atoms with Crippen LogP contribution in [0.2, 0.25) is 0 Å². The molecule has 4 nitrogen and oxygen atoms in total. The standard InChI is InChI=1S/C53H32N2O2/c1-4-10-43-36(7-1)19-25-47-45-27-23-41(30-50(45)56-52(43)47)55(42-24-28-46-48-26-20-37-8-2-5-11-44(37)53(48)57-51(46)31-42)40-21-17-34(18-22-40)33-13-15-35(16-14-33)39-29-38-9-3-6-12-49(38)54-32-39/h1-32H. The number of hydrogen-bond donors (Lipinski definition) is 0. The molecule has 0 aliphatic carbocycles. The lowest BCUT2D eigenvalue weighted by molar-refractivity contribution is 0.672. The van der Waals surface area contributed by atoms with Crippen molar-refractivity contribution in [3.05, 3.63) is 194 Å². The quantitative estimate of drug-likeness (QED) is 0.177. The molecule has 3 heterocycles. The summed E-state index contributed by atoms with van der Waals surface area (Å²) < 4.78 is 13.3. The predicted octanol–water partition coefficient (Wildman–Crippen LogP) is 15.1. The van der Waals surface area contributed by atoms with E-state index in [0.29, 0.717) is 0 Å². The van der Waals surface area contributed by atoms with Gasteiger partial charge in [0.1, 0.15) is 22.3 Å². The fraction of sp³-hybridized carbons (Fsp3) is 0. The van der Waals surface area contributed by atoms with Gasteiger partial charge < -0.3 is 13.7 Å². The zero-order chi connectivity index (χ0) is 37.5. The van der Waals surface area contributed by atoms with E-state index in [4.69, 9.17) is 8.83 Å². The molecule has 3 aromatic heterocycles. The lowest BCUT2D eigenvalue weighted by Crippen LogP contribution is -2.09. The van der Waals surface area contributed by atoms with Gasteiger partial charge in [-0.05, 0) is 88.1 Å². The lowest BCUT2D eigenvalue weighted by atomic mass is 10.00. The number of anilines is 3. The van der Waals surface area contributed by atoms with Crippen LogP contribution in [0.4, 0.5) is 17.1 Å². The molecule has 57 heavy (non-hydrogen) atoms. The first-order valence-electron chi connectivity index (χ1n) is 19.3. The van der Waals surface area contributed by atoms with E-state index in [1.54, 1.807) is 0 Å². The molecule has 0 unspecified atom stereocenters. The maximum Gasteiger partial charge on any atom is 0.143 e. The second-order valence-corrected chi connectivity index (χ2v) is 14.8. The molecule has 266 valence electrons. The normalized spacial score (nSPS) is 11.9. The maximum atomic E-state index is 6.67. The van der Waals surface area contributed by atoms with E-state index >= 15 is 0 Å². The van der Waals surface area contributed by atoms with Crippen LogP contribution in [0.5, 0.6) is 0 Å². The first kappa shape index (κ1) is 31.6. The minimum Gasteiger partial charge on any atom is -0.455 e. The Kier molecular flexibility index (Phi) is 6.89. The van der Waals surface area contributed by atoms with Gasteiger partial charge in [-0.3, -0.25) is 4.98 Å². The summed E-state index contributed by atoms with van der Waals surface area (Å²) in [4.78, 5) is 6.96. The highest BCUT2D eigenvalue weighted by Crippen LogP contribution is 2.43. The van der Waals surface area contributed by atoms with Crippen molar-refractivity contribution >= 4 is 93.4 Å². The van der Waals surface area contributed by atoms with Gasteiger partial charge in [-0.2, -0.15) is 0 Å². The highest BCUT2D eigenvalue weighted by atomic mass is 16.3. The van der Waals surface area contributed by atoms with Crippen molar-refractivity contribution in [2.75, 3.05) is 4.90 Å². The summed E-state index contributed by atoms with van der Waals surface area (Å²) in [5, 5.41) is 10.1. The van der Waals surface area contributed by atoms with Crippen LogP contribution >= 0.6 is 0 Å². The molecule has 0 radical (unpaired) electrons. The number of para-hydroxylation sites is 1. The SMILES string of the molecule is c1ccc2ncc(-c3ccc(-c4ccc(N(c5ccc6c(c5)oc5c7ccccc7ccc65)c5ccc6c(c5)oc5c7ccccc7ccc65)cc4)cc3)cc2c1. The number of benzene rings is 9. The first-order valence-corrected chi connectivity index (χ1v) is 19.3. The minimum absolute atomic E-state index is 0.846. The van der Waals surface area contributed by atoms with Crippen LogP contribution in [0.3, 0.4) is 0 Å². The van der Waals surface area contributed by atoms with Crippen LogP contribution < -0.4 is 4.90 Å². The molecule has 4 heteroatoms. The molecule has 0 N–H and O–H groups in total. The van der Waals surface area contributed by atoms with Gasteiger partial charge in [0.05, 0.1) is 5.52 Å². The van der Waals surface area contributed by atoms with Crippen molar-refractivity contribution in [2.24, 2.45) is 0 Å². The van der Waals surface area contributed by atoms with E-state index in [1.165, 1.54) is 10.8 Å². The van der Waals surface area contributed by atoms with Gasteiger partial charge in [0.2, 0.25) is 0 Å². The fourth-order valence-electron chi connectivity index (χ4n) is 8.60. The van der Waals surface area contributed by atoms with E-state index in [-0.39, 0.29) is 0 Å². The van der Waals surface area contributed by atoms with Crippen LogP contribution in [0.25, 0.3) is 98.6 Å². The Morgan fingerprint density at radius 1 is 0.333 bits per heavy atom. The molecule has 9 aromatic carbocycles. The van der Waals surface area contributed by atoms with Crippen LogP contribution in [0.15, 0.2) is 203 Å². The van der Waals surface area contributed by atoms with Crippen molar-refractivity contribution in [1.82, 2.24) is 4.98 Å². The fourth-order valence-corrected chi connectivity index (χ4v) is 8.60. The third-order valence-electron chi connectivity index (χ3n) is 11.5. The molecule has 0 amide bonds. The van der Waals surface area contributed by atoms with Crippen molar-refractivity contribution in [1.29, 1.82) is 0 Å². The second-order valence-electron chi connectivity index (χ2n) is 14.8. The van der Waals surface area contributed by atoms with Gasteiger partial charge >= 0.3 is 0 Å². The zero-order valence-corrected chi connectivity index (χ0v) is 30.7. The Hall–Kier alpha value is -7.69. The van der Waals surface area contributed by atoms with Crippen molar-refractivity contribution in [3.8, 4) is 22.3 Å². The third kappa shape index (κ3) is 5.12. The van der Waals surface area contributed by atoms with Crippen LogP contribution in [-0.2, 0) is 0 Å². The third-order valence-corrected chi connectivity index (χ3v) is 11.5. The Balaban J connectivity index is 0.967. The van der Waals surface area contributed by atoms with Crippen LogP contribution in [-0.4, -0.2) is 4.98 Å². The lowest BCUT2D eigenvalue weighted by Gasteiger charge is -2.25. The summed E-state index contributed by atoms with van der Waals surface area (Å²) in [6, 6.07) is 66.5. The Morgan fingerprint density at radius 2 is 0.789 bits per heavy atom. The number of rotatable bonds is 5. The number of nitrogens with zero attached hydrogens (tertiary/aromatic N) is 2. The maximum absolute atomic E-state index is 6.67. The van der Waals surface area contributed by atoms with Crippen molar-refractivity contribution in [2.45, 2.75) is 0 Å². The van der Waals surface area contributed by atoms with Gasteiger partial charge in [0, 0.05) is 78.7 Å². The Bertz CT molecular complexity index is 3370. The van der Waals surface area contributed by atoms with E-state index in [0.717, 1.165) is 105 Å². The van der Waals surface area contributed by atoms with Gasteiger partial charge in [-0.15, -0.1) is 0 Å². The molecule has 0 aliphatic rings. The summed E-state index contributed by atoms with van der Waals surface area (Å²) in [5.41, 5.74) is 12.1. The minimum atomic E-state index is 0.846. The van der Waals surface area contributed by atoms with Crippen LogP contribution in [0, 0.1) is 0 Å². The summed E-state index contributed by atoms with van der Waals surface area (Å²) in [7, 11) is 0. The smallest absolute Gasteiger partial charge is 0.143 e. The highest BCUT2D eigenvalue weighted by molar-refractivity contribution is 6.17. The Labute approximate surface area is 327 Å². The predicted molar refractivity (Wildman–Crippen MR) is 237 cm³/mol. The molecular formula is C53H32N2O2. The van der Waals surface area contributed by atoms with Gasteiger partial charge in [0.15, 0.2) is 0 Å². The van der Waals surface area contributed by atoms with Crippen molar-refractivity contribution < 1.29 is 8.83 Å². The zero-order valence-electron chi connectivity index (χ0n) is 30.7. The largest absolute Gasteiger partial charge is 0.455 e. The average molecular weight is 729 g/mol. The van der Waals surface area contributed by atoms with Gasteiger partial charge in [0.25, 0.3) is 0 Å². The van der Waals surface area contributed by atoms with Crippen molar-refractivity contribution in [3.63, 3.8) is 0 Å². The summed E-state index contributed by atoms with van der Waals surface area (Å²) in [6.45, 7) is 0. The van der Waals surface area contributed by atoms with E-state index in [1.807, 2.05) is 18.3 Å². The van der Waals surface area contributed by atoms with E-state index in [2.05, 4.69) is 186 Å². The molecule has 0 atom stereocenters. The van der Waals surface area contributed by atoms with Gasteiger partial charge in [-0.25, -0.2) is 0 Å². The number of pyridine rings is 1. The average Bonchev–Trinajstić information content (AvgIpc) is 3.85. The molecule has 0 spiro atoms. The molecule has 0 saturated heterocycles. The highest BCUT2D eigenvalue weighted by Gasteiger charge is 2.19. The van der Waals surface area contributed by atoms with E-state index in [9.17, 15) is 0 Å². The molecule has 12 rings (SSSR count). The molecular weight excluding hydrogens is 697 g/mol. The molecule has 0 fully saturated rings. The first-order chi connectivity index (χ1) is 28.2. The summed E-state index contributed by atoms with van der Waals surface area (Å²) >= 11 is 0. The van der Waals surface area contributed by atoms with E-state index < -0.39 is 0 Å². The molecule has 0 saturated carbocycles. The second kappa shape index (κ2) is 12.4. The molecule has 12 aromatic rings. The number of hydrogen-bond acceptors (Lipinski definition) is 4. The summed E-state index contributed by atoms with van der Waals surface area (Å²) in [5.74, 6) is 0. The topological polar surface area (TPSA) is 42.4 Å². The monoisotopic (exact) mass is 728 g/mol. The number of fused-ring (bicyclic) bond motifs is 11. The molecule has 0 aliphatic heterocycles. The van der Waals surface area contributed by atoms with Gasteiger partial charge in [-0.1, -0.05) is 115 Å². The number of furan rings is 2. The number of aromatic nitrogens is 1. The summed E-state index contributed by atoms with van der Waals surface area (Å²) in [6.07, 6.45) is 1.95. The van der Waals surface area contributed by atoms with Crippen LogP contribution in [0.1, 0.15) is 0 Å². The Morgan fingerprint density at radius 3 is 1.37 bits per heavy atom. The molecule has 0 bridgehead atoms.